The second-order valence-corrected chi connectivity index (χ2v) is 8.55. The monoisotopic (exact) mass is 553 g/mol. The summed E-state index contributed by atoms with van der Waals surface area (Å²) in [5, 5.41) is -0.248. The number of rotatable bonds is 7. The van der Waals surface area contributed by atoms with Crippen LogP contribution >= 0.6 is 0 Å². The Balaban J connectivity index is 1.36. The standard InChI is InChI=1S/C28H18F3NO8/c1-37-15-6-8-16(9-7-15)39-24-23(34)20-11-10-17(14-21(20)40-25(24)28(29,30)31)38-22(33)12-13-32-26(35)18-4-2-3-5-19(18)27(32)36/h2-11,14H,12-13H2,1H3. The topological polar surface area (TPSA) is 112 Å². The maximum Gasteiger partial charge on any atom is 0.453 e. The number of esters is 1. The molecule has 1 aliphatic heterocycles. The normalized spacial score (nSPS) is 12.9. The molecule has 40 heavy (non-hydrogen) atoms. The molecule has 0 aliphatic carbocycles. The highest BCUT2D eigenvalue weighted by Crippen LogP contribution is 2.39. The van der Waals surface area contributed by atoms with E-state index in [9.17, 15) is 32.3 Å². The van der Waals surface area contributed by atoms with Crippen molar-refractivity contribution in [2.75, 3.05) is 13.7 Å². The fourth-order valence-electron chi connectivity index (χ4n) is 4.09. The van der Waals surface area contributed by atoms with Crippen molar-refractivity contribution in [3.63, 3.8) is 0 Å². The third-order valence-corrected chi connectivity index (χ3v) is 6.01. The predicted octanol–water partition coefficient (Wildman–Crippen LogP) is 5.20. The molecule has 0 N–H and O–H groups in total. The molecule has 2 amide bonds. The zero-order valence-corrected chi connectivity index (χ0v) is 20.6. The number of hydrogen-bond acceptors (Lipinski definition) is 8. The van der Waals surface area contributed by atoms with Gasteiger partial charge in [-0.05, 0) is 48.5 Å². The molecule has 0 bridgehead atoms. The third kappa shape index (κ3) is 4.98. The van der Waals surface area contributed by atoms with E-state index in [1.165, 1.54) is 49.6 Å². The van der Waals surface area contributed by atoms with Gasteiger partial charge in [0.25, 0.3) is 17.6 Å². The minimum atomic E-state index is -5.09. The van der Waals surface area contributed by atoms with E-state index in [4.69, 9.17) is 18.6 Å². The highest BCUT2D eigenvalue weighted by Gasteiger charge is 2.41. The number of hydrogen-bond donors (Lipinski definition) is 0. The molecule has 0 spiro atoms. The number of methoxy groups -OCH3 is 1. The second-order valence-electron chi connectivity index (χ2n) is 8.55. The van der Waals surface area contributed by atoms with E-state index >= 15 is 0 Å². The molecule has 0 radical (unpaired) electrons. The van der Waals surface area contributed by atoms with Crippen LogP contribution in [0.25, 0.3) is 11.0 Å². The van der Waals surface area contributed by atoms with Crippen LogP contribution in [0.2, 0.25) is 0 Å². The average molecular weight is 553 g/mol. The van der Waals surface area contributed by atoms with E-state index in [0.717, 1.165) is 17.0 Å². The van der Waals surface area contributed by atoms with Crippen molar-refractivity contribution in [2.45, 2.75) is 12.6 Å². The third-order valence-electron chi connectivity index (χ3n) is 6.01. The zero-order valence-electron chi connectivity index (χ0n) is 20.6. The Morgan fingerprint density at radius 2 is 1.48 bits per heavy atom. The van der Waals surface area contributed by atoms with E-state index in [1.54, 1.807) is 12.1 Å². The van der Waals surface area contributed by atoms with Gasteiger partial charge in [-0.2, -0.15) is 13.2 Å². The van der Waals surface area contributed by atoms with Crippen LogP contribution in [0.3, 0.4) is 0 Å². The largest absolute Gasteiger partial charge is 0.497 e. The molecule has 0 fully saturated rings. The molecule has 5 rings (SSSR count). The van der Waals surface area contributed by atoms with Crippen molar-refractivity contribution in [3.05, 3.63) is 93.8 Å². The number of alkyl halides is 3. The smallest absolute Gasteiger partial charge is 0.453 e. The van der Waals surface area contributed by atoms with Crippen LogP contribution in [0.1, 0.15) is 32.9 Å². The van der Waals surface area contributed by atoms with Crippen molar-refractivity contribution >= 4 is 28.8 Å². The van der Waals surface area contributed by atoms with Gasteiger partial charge in [0, 0.05) is 12.6 Å². The van der Waals surface area contributed by atoms with Crippen molar-refractivity contribution in [3.8, 4) is 23.0 Å². The van der Waals surface area contributed by atoms with Crippen molar-refractivity contribution < 1.29 is 46.2 Å². The fraction of sp³-hybridized carbons (Fsp3) is 0.143. The minimum absolute atomic E-state index is 0.0541. The second kappa shape index (κ2) is 10.2. The number of halogens is 3. The lowest BCUT2D eigenvalue weighted by Crippen LogP contribution is -2.32. The summed E-state index contributed by atoms with van der Waals surface area (Å²) in [5.74, 6) is -4.53. The van der Waals surface area contributed by atoms with Crippen LogP contribution in [0.15, 0.2) is 75.9 Å². The first kappa shape index (κ1) is 26.5. The molecule has 2 heterocycles. The lowest BCUT2D eigenvalue weighted by Gasteiger charge is -2.14. The number of carbonyl (C=O) groups excluding carboxylic acids is 3. The van der Waals surface area contributed by atoms with Gasteiger partial charge in [0.15, 0.2) is 0 Å². The van der Waals surface area contributed by atoms with E-state index < -0.39 is 46.5 Å². The average Bonchev–Trinajstić information content (AvgIpc) is 3.17. The molecule has 4 aromatic rings. The van der Waals surface area contributed by atoms with Crippen LogP contribution in [-0.2, 0) is 11.0 Å². The van der Waals surface area contributed by atoms with Gasteiger partial charge in [-0.3, -0.25) is 24.1 Å². The van der Waals surface area contributed by atoms with Gasteiger partial charge in [0.2, 0.25) is 11.2 Å². The lowest BCUT2D eigenvalue weighted by atomic mass is 10.1. The number of nitrogens with zero attached hydrogens (tertiary/aromatic N) is 1. The molecule has 1 aromatic heterocycles. The molecule has 0 unspecified atom stereocenters. The number of amides is 2. The van der Waals surface area contributed by atoms with Crippen LogP contribution in [-0.4, -0.2) is 36.3 Å². The van der Waals surface area contributed by atoms with E-state index in [0.29, 0.717) is 5.75 Å². The summed E-state index contributed by atoms with van der Waals surface area (Å²) in [6.07, 6.45) is -5.47. The lowest BCUT2D eigenvalue weighted by molar-refractivity contribution is -0.154. The van der Waals surface area contributed by atoms with Crippen LogP contribution in [0, 0.1) is 0 Å². The summed E-state index contributed by atoms with van der Waals surface area (Å²) in [7, 11) is 1.41. The zero-order chi connectivity index (χ0) is 28.6. The Labute approximate surface area is 223 Å². The van der Waals surface area contributed by atoms with E-state index in [-0.39, 0.29) is 41.0 Å². The first-order chi connectivity index (χ1) is 19.1. The Morgan fingerprint density at radius 1 is 0.875 bits per heavy atom. The van der Waals surface area contributed by atoms with Gasteiger partial charge in [-0.15, -0.1) is 0 Å². The van der Waals surface area contributed by atoms with Gasteiger partial charge >= 0.3 is 12.1 Å². The Bertz CT molecular complexity index is 1670. The van der Waals surface area contributed by atoms with Gasteiger partial charge in [-0.1, -0.05) is 12.1 Å². The van der Waals surface area contributed by atoms with E-state index in [1.807, 2.05) is 0 Å². The van der Waals surface area contributed by atoms with Gasteiger partial charge in [-0.25, -0.2) is 0 Å². The van der Waals surface area contributed by atoms with Gasteiger partial charge < -0.3 is 18.6 Å². The molecule has 1 aliphatic rings. The summed E-state index contributed by atoms with van der Waals surface area (Å²) >= 11 is 0. The van der Waals surface area contributed by atoms with Crippen LogP contribution in [0.4, 0.5) is 13.2 Å². The molecule has 0 saturated heterocycles. The van der Waals surface area contributed by atoms with Gasteiger partial charge in [0.05, 0.1) is 30.0 Å². The first-order valence-electron chi connectivity index (χ1n) is 11.7. The predicted molar refractivity (Wildman–Crippen MR) is 133 cm³/mol. The van der Waals surface area contributed by atoms with Crippen LogP contribution < -0.4 is 19.6 Å². The summed E-state index contributed by atoms with van der Waals surface area (Å²) in [4.78, 5) is 51.2. The molecule has 0 atom stereocenters. The molecule has 9 nitrogen and oxygen atoms in total. The molecule has 204 valence electrons. The number of imide groups is 1. The van der Waals surface area contributed by atoms with Crippen molar-refractivity contribution in [2.24, 2.45) is 0 Å². The number of fused-ring (bicyclic) bond motifs is 2. The summed E-state index contributed by atoms with van der Waals surface area (Å²) < 4.78 is 61.9. The number of benzene rings is 3. The fourth-order valence-corrected chi connectivity index (χ4v) is 4.09. The number of ether oxygens (including phenoxy) is 3. The molecule has 3 aromatic carbocycles. The Kier molecular flexibility index (Phi) is 6.76. The van der Waals surface area contributed by atoms with Crippen molar-refractivity contribution in [1.82, 2.24) is 4.90 Å². The highest BCUT2D eigenvalue weighted by molar-refractivity contribution is 6.21. The molecular weight excluding hydrogens is 535 g/mol. The summed E-state index contributed by atoms with van der Waals surface area (Å²) in [6.45, 7) is -0.266. The molecular formula is C28H18F3NO8. The maximum atomic E-state index is 13.8. The van der Waals surface area contributed by atoms with Crippen LogP contribution in [0.5, 0.6) is 23.0 Å². The Hall–Kier alpha value is -5.13. The minimum Gasteiger partial charge on any atom is -0.497 e. The molecule has 0 saturated carbocycles. The summed E-state index contributed by atoms with van der Waals surface area (Å²) in [5.41, 5.74) is -1.14. The molecule has 12 heteroatoms. The number of carbonyl (C=O) groups is 3. The van der Waals surface area contributed by atoms with E-state index in [2.05, 4.69) is 0 Å². The maximum absolute atomic E-state index is 13.8. The summed E-state index contributed by atoms with van der Waals surface area (Å²) in [6, 6.07) is 15.1. The first-order valence-corrected chi connectivity index (χ1v) is 11.7. The Morgan fingerprint density at radius 3 is 2.08 bits per heavy atom. The quantitative estimate of drug-likeness (QED) is 0.174. The highest BCUT2D eigenvalue weighted by atomic mass is 19.4. The SMILES string of the molecule is COc1ccc(Oc2c(C(F)(F)F)oc3cc(OC(=O)CCN4C(=O)c5ccccc5C4=O)ccc3c2=O)cc1. The van der Waals surface area contributed by atoms with Crippen molar-refractivity contribution in [1.29, 1.82) is 0 Å². The van der Waals surface area contributed by atoms with Gasteiger partial charge in [0.1, 0.15) is 22.8 Å².